The van der Waals surface area contributed by atoms with Crippen LogP contribution in [0, 0.1) is 0 Å². The standard InChI is InChI=1S/C24H25F3N6O6S/c1-32(2)19(34)12-38-20(35)13-4-7-17-16(10-13)30-23(21(28)36,33(17)8-9-37-3)31-22-29-15-6-5-14(11-18(15)40-22)39-24(25,26)27/h4-7,10-11,30H,8-9,12H2,1-3H3,(H2,28,36)(H,29,31). The van der Waals surface area contributed by atoms with E-state index in [9.17, 15) is 27.6 Å². The highest BCUT2D eigenvalue weighted by Gasteiger charge is 2.49. The van der Waals surface area contributed by atoms with Crippen LogP contribution in [0.15, 0.2) is 36.4 Å². The third-order valence-corrected chi connectivity index (χ3v) is 6.76. The van der Waals surface area contributed by atoms with Crippen LogP contribution in [0.25, 0.3) is 10.2 Å². The van der Waals surface area contributed by atoms with E-state index in [1.165, 1.54) is 50.4 Å². The number of nitrogens with zero attached hydrogens (tertiary/aromatic N) is 3. The fourth-order valence-electron chi connectivity index (χ4n) is 3.92. The molecule has 4 rings (SSSR count). The quantitative estimate of drug-likeness (QED) is 0.305. The summed E-state index contributed by atoms with van der Waals surface area (Å²) in [5, 5.41) is 6.16. The Kier molecular flexibility index (Phi) is 7.93. The predicted molar refractivity (Wildman–Crippen MR) is 140 cm³/mol. The highest BCUT2D eigenvalue weighted by molar-refractivity contribution is 7.22. The van der Waals surface area contributed by atoms with Gasteiger partial charge in [0.2, 0.25) is 0 Å². The zero-order valence-electron chi connectivity index (χ0n) is 21.5. The molecule has 3 aromatic rings. The molecule has 0 saturated heterocycles. The molecule has 1 aliphatic heterocycles. The molecule has 2 aromatic carbocycles. The molecule has 16 heteroatoms. The van der Waals surface area contributed by atoms with Crippen LogP contribution in [0.1, 0.15) is 10.4 Å². The Balaban J connectivity index is 1.65. The van der Waals surface area contributed by atoms with Gasteiger partial charge in [-0.3, -0.25) is 9.59 Å². The number of hydrogen-bond acceptors (Lipinski definition) is 11. The monoisotopic (exact) mass is 582 g/mol. The van der Waals surface area contributed by atoms with Gasteiger partial charge in [-0.25, -0.2) is 9.78 Å². The van der Waals surface area contributed by atoms with Crippen molar-refractivity contribution in [3.63, 3.8) is 0 Å². The Bertz CT molecular complexity index is 1450. The average Bonchev–Trinajstić information content (AvgIpc) is 3.42. The lowest BCUT2D eigenvalue weighted by Crippen LogP contribution is -2.65. The lowest BCUT2D eigenvalue weighted by molar-refractivity contribution is -0.274. The normalized spacial score (nSPS) is 16.3. The number of alkyl halides is 3. The molecule has 1 unspecified atom stereocenters. The largest absolute Gasteiger partial charge is 0.573 e. The number of halogens is 3. The number of ether oxygens (including phenoxy) is 3. The van der Waals surface area contributed by atoms with Gasteiger partial charge < -0.3 is 40.4 Å². The fourth-order valence-corrected chi connectivity index (χ4v) is 4.86. The maximum absolute atomic E-state index is 13.0. The van der Waals surface area contributed by atoms with Crippen LogP contribution in [0.5, 0.6) is 5.75 Å². The summed E-state index contributed by atoms with van der Waals surface area (Å²) in [5.74, 6) is -4.22. The van der Waals surface area contributed by atoms with Gasteiger partial charge in [-0.1, -0.05) is 11.3 Å². The number of carbonyl (C=O) groups excluding carboxylic acids is 3. The van der Waals surface area contributed by atoms with E-state index >= 15 is 0 Å². The number of nitrogens with one attached hydrogen (secondary N) is 2. The zero-order chi connectivity index (χ0) is 29.2. The number of amides is 2. The molecular formula is C24H25F3N6O6S. The van der Waals surface area contributed by atoms with Crippen molar-refractivity contribution in [2.24, 2.45) is 5.73 Å². The summed E-state index contributed by atoms with van der Waals surface area (Å²) in [6.07, 6.45) is -4.86. The molecule has 12 nitrogen and oxygen atoms in total. The third-order valence-electron chi connectivity index (χ3n) is 5.83. The molecule has 4 N–H and O–H groups in total. The van der Waals surface area contributed by atoms with Crippen LogP contribution in [0.4, 0.5) is 29.7 Å². The van der Waals surface area contributed by atoms with Crippen LogP contribution in [-0.4, -0.2) is 80.8 Å². The molecule has 1 aromatic heterocycles. The number of fused-ring (bicyclic) bond motifs is 2. The molecule has 2 heterocycles. The first-order chi connectivity index (χ1) is 18.8. The number of methoxy groups -OCH3 is 1. The summed E-state index contributed by atoms with van der Waals surface area (Å²) < 4.78 is 52.6. The smallest absolute Gasteiger partial charge is 0.452 e. The molecule has 0 saturated carbocycles. The fraction of sp³-hybridized carbons (Fsp3) is 0.333. The number of thiazole rings is 1. The lowest BCUT2D eigenvalue weighted by Gasteiger charge is -2.37. The maximum atomic E-state index is 13.0. The summed E-state index contributed by atoms with van der Waals surface area (Å²) in [6.45, 7) is -0.0925. The van der Waals surface area contributed by atoms with E-state index in [-0.39, 0.29) is 23.8 Å². The second-order valence-electron chi connectivity index (χ2n) is 8.76. The minimum absolute atomic E-state index is 0.113. The van der Waals surface area contributed by atoms with Gasteiger partial charge in [-0.2, -0.15) is 0 Å². The molecule has 0 fully saturated rings. The summed E-state index contributed by atoms with van der Waals surface area (Å²) >= 11 is 0.979. The van der Waals surface area contributed by atoms with Gasteiger partial charge in [0.1, 0.15) is 5.75 Å². The topological polar surface area (TPSA) is 148 Å². The van der Waals surface area contributed by atoms with Crippen molar-refractivity contribution >= 4 is 55.8 Å². The van der Waals surface area contributed by atoms with Crippen molar-refractivity contribution < 1.29 is 41.8 Å². The minimum Gasteiger partial charge on any atom is -0.452 e. The number of rotatable bonds is 10. The molecule has 40 heavy (non-hydrogen) atoms. The van der Waals surface area contributed by atoms with Gasteiger partial charge in [0.15, 0.2) is 11.7 Å². The molecule has 0 aliphatic carbocycles. The van der Waals surface area contributed by atoms with E-state index in [0.29, 0.717) is 21.6 Å². The van der Waals surface area contributed by atoms with Gasteiger partial charge in [-0.05, 0) is 30.3 Å². The van der Waals surface area contributed by atoms with Crippen molar-refractivity contribution in [3.05, 3.63) is 42.0 Å². The summed E-state index contributed by atoms with van der Waals surface area (Å²) in [4.78, 5) is 44.6. The summed E-state index contributed by atoms with van der Waals surface area (Å²) in [5.41, 5.74) is 7.18. The van der Waals surface area contributed by atoms with Crippen molar-refractivity contribution in [3.8, 4) is 5.75 Å². The Morgan fingerprint density at radius 3 is 2.60 bits per heavy atom. The Morgan fingerprint density at radius 2 is 1.95 bits per heavy atom. The van der Waals surface area contributed by atoms with Gasteiger partial charge in [0.25, 0.3) is 17.6 Å². The number of carbonyl (C=O) groups is 3. The van der Waals surface area contributed by atoms with E-state index in [1.54, 1.807) is 11.0 Å². The number of esters is 1. The second kappa shape index (κ2) is 11.1. The van der Waals surface area contributed by atoms with E-state index in [0.717, 1.165) is 17.4 Å². The summed E-state index contributed by atoms with van der Waals surface area (Å²) in [7, 11) is 4.54. The first-order valence-electron chi connectivity index (χ1n) is 11.6. The first-order valence-corrected chi connectivity index (χ1v) is 12.4. The first kappa shape index (κ1) is 28.7. The molecule has 214 valence electrons. The SMILES string of the molecule is COCCN1c2ccc(C(=O)OCC(=O)N(C)C)cc2NC1(Nc1nc2ccc(OC(F)(F)F)cc2s1)C(N)=O. The van der Waals surface area contributed by atoms with Crippen molar-refractivity contribution in [1.29, 1.82) is 0 Å². The van der Waals surface area contributed by atoms with E-state index in [4.69, 9.17) is 15.2 Å². The maximum Gasteiger partial charge on any atom is 0.573 e. The zero-order valence-corrected chi connectivity index (χ0v) is 22.3. The Morgan fingerprint density at radius 1 is 1.20 bits per heavy atom. The van der Waals surface area contributed by atoms with Crippen molar-refractivity contribution in [1.82, 2.24) is 9.88 Å². The number of aromatic nitrogens is 1. The molecule has 0 radical (unpaired) electrons. The molecular weight excluding hydrogens is 557 g/mol. The van der Waals surface area contributed by atoms with E-state index < -0.39 is 42.3 Å². The number of anilines is 3. The van der Waals surface area contributed by atoms with Crippen LogP contribution in [0.2, 0.25) is 0 Å². The summed E-state index contributed by atoms with van der Waals surface area (Å²) in [6, 6.07) is 8.16. The van der Waals surface area contributed by atoms with Crippen LogP contribution in [0.3, 0.4) is 0 Å². The van der Waals surface area contributed by atoms with Gasteiger partial charge in [0, 0.05) is 33.8 Å². The van der Waals surface area contributed by atoms with Crippen LogP contribution >= 0.6 is 11.3 Å². The van der Waals surface area contributed by atoms with E-state index in [2.05, 4.69) is 20.4 Å². The minimum atomic E-state index is -4.86. The molecule has 2 amide bonds. The molecule has 1 aliphatic rings. The van der Waals surface area contributed by atoms with Gasteiger partial charge in [0.05, 0.1) is 33.8 Å². The van der Waals surface area contributed by atoms with E-state index in [1.807, 2.05) is 0 Å². The van der Waals surface area contributed by atoms with Crippen molar-refractivity contribution in [2.75, 3.05) is 56.5 Å². The number of benzene rings is 2. The number of likely N-dealkylation sites (N-methyl/N-ethyl adjacent to an activating group) is 1. The number of nitrogens with two attached hydrogens (primary N) is 1. The Hall–Kier alpha value is -4.31. The average molecular weight is 583 g/mol. The number of hydrogen-bond donors (Lipinski definition) is 3. The Labute approximate surface area is 229 Å². The van der Waals surface area contributed by atoms with Gasteiger partial charge >= 0.3 is 12.3 Å². The third kappa shape index (κ3) is 5.96. The van der Waals surface area contributed by atoms with Crippen LogP contribution in [-0.2, 0) is 19.1 Å². The second-order valence-corrected chi connectivity index (χ2v) is 9.79. The highest BCUT2D eigenvalue weighted by Crippen LogP contribution is 2.42. The van der Waals surface area contributed by atoms with Crippen LogP contribution < -0.4 is 26.0 Å². The predicted octanol–water partition coefficient (Wildman–Crippen LogP) is 2.57. The molecule has 0 spiro atoms. The van der Waals surface area contributed by atoms with Crippen molar-refractivity contribution in [2.45, 2.75) is 12.1 Å². The molecule has 1 atom stereocenters. The highest BCUT2D eigenvalue weighted by atomic mass is 32.1. The van der Waals surface area contributed by atoms with Gasteiger partial charge in [-0.15, -0.1) is 13.2 Å². The lowest BCUT2D eigenvalue weighted by atomic mass is 10.1. The number of primary amides is 1. The molecule has 0 bridgehead atoms.